The number of nitrogens with two attached hydrogens (primary N) is 1. The maximum Gasteiger partial charge on any atom is 0.374 e. The molecule has 2 aromatic heterocycles. The molecule has 0 amide bonds. The number of ether oxygens (including phenoxy) is 1. The Hall–Kier alpha value is -1.96. The van der Waals surface area contributed by atoms with Crippen molar-refractivity contribution in [3.8, 4) is 0 Å². The number of rotatable bonds is 4. The molecule has 2 aromatic rings. The van der Waals surface area contributed by atoms with E-state index >= 15 is 0 Å². The van der Waals surface area contributed by atoms with E-state index in [0.29, 0.717) is 10.9 Å². The first-order valence-electron chi connectivity index (χ1n) is 4.66. The van der Waals surface area contributed by atoms with E-state index in [9.17, 15) is 4.79 Å². The highest BCUT2D eigenvalue weighted by molar-refractivity contribution is 7.98. The Kier molecular flexibility index (Phi) is 3.33. The summed E-state index contributed by atoms with van der Waals surface area (Å²) in [5.74, 6) is 0.453. The molecule has 0 aliphatic carbocycles. The van der Waals surface area contributed by atoms with E-state index in [2.05, 4.69) is 19.9 Å². The van der Waals surface area contributed by atoms with Crippen LogP contribution in [-0.4, -0.2) is 28.3 Å². The molecule has 8 heteroatoms. The van der Waals surface area contributed by atoms with Crippen molar-refractivity contribution in [3.63, 3.8) is 0 Å². The van der Waals surface area contributed by atoms with Gasteiger partial charge in [-0.3, -0.25) is 0 Å². The van der Waals surface area contributed by atoms with E-state index in [1.807, 2.05) is 0 Å². The van der Waals surface area contributed by atoms with Crippen LogP contribution < -0.4 is 5.73 Å². The van der Waals surface area contributed by atoms with Gasteiger partial charge in [-0.2, -0.15) is 4.98 Å². The second kappa shape index (κ2) is 4.91. The molecular formula is C9H10N4O3S. The Morgan fingerprint density at radius 3 is 3.18 bits per heavy atom. The summed E-state index contributed by atoms with van der Waals surface area (Å²) < 4.78 is 9.64. The maximum atomic E-state index is 11.3. The molecule has 2 heterocycles. The quantitative estimate of drug-likeness (QED) is 0.620. The van der Waals surface area contributed by atoms with Crippen molar-refractivity contribution in [2.75, 3.05) is 12.8 Å². The smallest absolute Gasteiger partial charge is 0.374 e. The number of esters is 1. The summed E-state index contributed by atoms with van der Waals surface area (Å²) >= 11 is 1.34. The first kappa shape index (κ1) is 11.5. The molecule has 7 nitrogen and oxygen atoms in total. The molecule has 0 unspecified atom stereocenters. The Bertz CT molecular complexity index is 522. The number of furan rings is 1. The third-order valence-corrected chi connectivity index (χ3v) is 2.85. The average molecular weight is 254 g/mol. The summed E-state index contributed by atoms with van der Waals surface area (Å²) in [6, 6.07) is 1.70. The zero-order valence-corrected chi connectivity index (χ0v) is 9.78. The minimum absolute atomic E-state index is 0.198. The fourth-order valence-corrected chi connectivity index (χ4v) is 1.97. The van der Waals surface area contributed by atoms with Crippen molar-refractivity contribution in [3.05, 3.63) is 23.7 Å². The highest BCUT2D eigenvalue weighted by atomic mass is 32.2. The van der Waals surface area contributed by atoms with Gasteiger partial charge in [0.2, 0.25) is 16.9 Å². The third-order valence-electron chi connectivity index (χ3n) is 1.96. The largest absolute Gasteiger partial charge is 0.463 e. The van der Waals surface area contributed by atoms with Gasteiger partial charge in [0, 0.05) is 11.3 Å². The SMILES string of the molecule is COC(=O)c1occc1CSc1n[nH]c(N)n1. The Balaban J connectivity index is 2.04. The third kappa shape index (κ3) is 2.59. The van der Waals surface area contributed by atoms with Gasteiger partial charge in [0.15, 0.2) is 0 Å². The van der Waals surface area contributed by atoms with Crippen molar-refractivity contribution in [2.24, 2.45) is 0 Å². The van der Waals surface area contributed by atoms with Crippen molar-refractivity contribution in [1.82, 2.24) is 15.2 Å². The molecule has 2 rings (SSSR count). The molecule has 0 bridgehead atoms. The average Bonchev–Trinajstić information content (AvgIpc) is 2.94. The van der Waals surface area contributed by atoms with Gasteiger partial charge < -0.3 is 14.9 Å². The first-order valence-corrected chi connectivity index (χ1v) is 5.64. The number of thioether (sulfide) groups is 1. The Morgan fingerprint density at radius 2 is 2.53 bits per heavy atom. The van der Waals surface area contributed by atoms with Crippen LogP contribution in [0.1, 0.15) is 16.1 Å². The second-order valence-corrected chi connectivity index (χ2v) is 4.00. The predicted octanol–water partition coefficient (Wildman–Crippen LogP) is 1.06. The number of hydrogen-bond acceptors (Lipinski definition) is 7. The Morgan fingerprint density at radius 1 is 1.71 bits per heavy atom. The van der Waals surface area contributed by atoms with E-state index in [1.165, 1.54) is 25.1 Å². The number of carbonyl (C=O) groups excluding carboxylic acids is 1. The van der Waals surface area contributed by atoms with Gasteiger partial charge in [-0.1, -0.05) is 11.8 Å². The molecule has 17 heavy (non-hydrogen) atoms. The van der Waals surface area contributed by atoms with Crippen LogP contribution in [0.5, 0.6) is 0 Å². The van der Waals surface area contributed by atoms with Crippen molar-refractivity contribution in [2.45, 2.75) is 10.9 Å². The fourth-order valence-electron chi connectivity index (χ4n) is 1.19. The number of hydrogen-bond donors (Lipinski definition) is 2. The van der Waals surface area contributed by atoms with E-state index < -0.39 is 5.97 Å². The highest BCUT2D eigenvalue weighted by Crippen LogP contribution is 2.22. The van der Waals surface area contributed by atoms with Crippen LogP contribution in [0.3, 0.4) is 0 Å². The predicted molar refractivity (Wildman–Crippen MR) is 60.4 cm³/mol. The molecule has 0 aromatic carbocycles. The highest BCUT2D eigenvalue weighted by Gasteiger charge is 2.16. The van der Waals surface area contributed by atoms with Gasteiger partial charge >= 0.3 is 5.97 Å². The van der Waals surface area contributed by atoms with Gasteiger partial charge in [-0.15, -0.1) is 5.10 Å². The minimum atomic E-state index is -0.500. The van der Waals surface area contributed by atoms with Gasteiger partial charge in [0.05, 0.1) is 13.4 Å². The van der Waals surface area contributed by atoms with Gasteiger partial charge in [-0.05, 0) is 6.07 Å². The number of nitrogens with one attached hydrogen (secondary N) is 1. The van der Waals surface area contributed by atoms with Crippen molar-refractivity contribution < 1.29 is 13.9 Å². The summed E-state index contributed by atoms with van der Waals surface area (Å²) in [4.78, 5) is 15.3. The van der Waals surface area contributed by atoms with Crippen LogP contribution in [0.15, 0.2) is 21.9 Å². The minimum Gasteiger partial charge on any atom is -0.463 e. The number of nitrogens with zero attached hydrogens (tertiary/aromatic N) is 2. The molecule has 3 N–H and O–H groups in total. The van der Waals surface area contributed by atoms with Crippen molar-refractivity contribution >= 4 is 23.7 Å². The van der Waals surface area contributed by atoms with Crippen LogP contribution in [0.25, 0.3) is 0 Å². The topological polar surface area (TPSA) is 107 Å². The van der Waals surface area contributed by atoms with Gasteiger partial charge in [0.1, 0.15) is 0 Å². The molecule has 0 spiro atoms. The summed E-state index contributed by atoms with van der Waals surface area (Å²) in [5, 5.41) is 6.91. The van der Waals surface area contributed by atoms with E-state index in [0.717, 1.165) is 5.56 Å². The number of anilines is 1. The normalized spacial score (nSPS) is 10.4. The van der Waals surface area contributed by atoms with Crippen LogP contribution in [-0.2, 0) is 10.5 Å². The molecule has 0 radical (unpaired) electrons. The number of aromatic nitrogens is 3. The lowest BCUT2D eigenvalue weighted by molar-refractivity contribution is 0.0564. The molecule has 0 aliphatic rings. The van der Waals surface area contributed by atoms with Crippen LogP contribution >= 0.6 is 11.8 Å². The van der Waals surface area contributed by atoms with Crippen LogP contribution in [0, 0.1) is 0 Å². The summed E-state index contributed by atoms with van der Waals surface area (Å²) in [6.07, 6.45) is 1.44. The second-order valence-electron chi connectivity index (χ2n) is 3.06. The summed E-state index contributed by atoms with van der Waals surface area (Å²) in [7, 11) is 1.30. The lowest BCUT2D eigenvalue weighted by Gasteiger charge is -1.98. The molecule has 0 fully saturated rings. The lowest BCUT2D eigenvalue weighted by Crippen LogP contribution is -2.02. The zero-order valence-electron chi connectivity index (χ0n) is 8.97. The van der Waals surface area contributed by atoms with E-state index in [4.69, 9.17) is 10.2 Å². The number of nitrogen functional groups attached to an aromatic ring is 1. The van der Waals surface area contributed by atoms with Crippen molar-refractivity contribution in [1.29, 1.82) is 0 Å². The number of H-pyrrole nitrogens is 1. The van der Waals surface area contributed by atoms with Gasteiger partial charge in [-0.25, -0.2) is 9.89 Å². The number of carbonyl (C=O) groups is 1. The first-order chi connectivity index (χ1) is 8.20. The lowest BCUT2D eigenvalue weighted by atomic mass is 10.3. The summed E-state index contributed by atoms with van der Waals surface area (Å²) in [6.45, 7) is 0. The monoisotopic (exact) mass is 254 g/mol. The van der Waals surface area contributed by atoms with Crippen LogP contribution in [0.2, 0.25) is 0 Å². The van der Waals surface area contributed by atoms with E-state index in [-0.39, 0.29) is 11.7 Å². The molecule has 0 aliphatic heterocycles. The molecule has 0 atom stereocenters. The van der Waals surface area contributed by atoms with Gasteiger partial charge in [0.25, 0.3) is 0 Å². The molecule has 0 saturated heterocycles. The zero-order chi connectivity index (χ0) is 12.3. The standard InChI is InChI=1S/C9H10N4O3S/c1-15-7(14)6-5(2-3-16-6)4-17-9-11-8(10)12-13-9/h2-3H,4H2,1H3,(H3,10,11,12,13). The molecular weight excluding hydrogens is 244 g/mol. The molecule has 90 valence electrons. The van der Waals surface area contributed by atoms with Crippen LogP contribution in [0.4, 0.5) is 5.95 Å². The Labute approximate surface area is 101 Å². The van der Waals surface area contributed by atoms with E-state index in [1.54, 1.807) is 6.07 Å². The maximum absolute atomic E-state index is 11.3. The number of methoxy groups -OCH3 is 1. The molecule has 0 saturated carbocycles. The summed E-state index contributed by atoms with van der Waals surface area (Å²) in [5.41, 5.74) is 6.12. The number of aromatic amines is 1. The fraction of sp³-hybridized carbons (Fsp3) is 0.222.